The summed E-state index contributed by atoms with van der Waals surface area (Å²) in [6.07, 6.45) is 1.31. The van der Waals surface area contributed by atoms with Crippen molar-refractivity contribution in [1.82, 2.24) is 5.32 Å². The van der Waals surface area contributed by atoms with E-state index in [0.717, 1.165) is 12.0 Å². The van der Waals surface area contributed by atoms with E-state index in [2.05, 4.69) is 5.32 Å². The second-order valence-corrected chi connectivity index (χ2v) is 4.99. The lowest BCUT2D eigenvalue weighted by Gasteiger charge is -2.12. The van der Waals surface area contributed by atoms with Crippen LogP contribution in [0, 0.1) is 12.8 Å². The van der Waals surface area contributed by atoms with Crippen molar-refractivity contribution in [3.05, 3.63) is 34.3 Å². The van der Waals surface area contributed by atoms with Crippen molar-refractivity contribution >= 4 is 23.5 Å². The number of aliphatic carboxylic acids is 1. The largest absolute Gasteiger partial charge is 0.481 e. The van der Waals surface area contributed by atoms with E-state index in [1.165, 1.54) is 0 Å². The Kier molecular flexibility index (Phi) is 5.83. The summed E-state index contributed by atoms with van der Waals surface area (Å²) >= 11 is 5.88. The summed E-state index contributed by atoms with van der Waals surface area (Å²) in [5.41, 5.74) is 1.34. The standard InChI is InChI=1S/C14H18ClNO3/c1-3-4-10(14(18)19)8-16-13(17)11-5-9(2)6-12(15)7-11/h5-7,10H,3-4,8H2,1-2H3,(H,16,17)(H,18,19). The van der Waals surface area contributed by atoms with Gasteiger partial charge in [-0.2, -0.15) is 0 Å². The molecule has 0 aliphatic heterocycles. The van der Waals surface area contributed by atoms with Gasteiger partial charge in [-0.25, -0.2) is 0 Å². The second kappa shape index (κ2) is 7.14. The van der Waals surface area contributed by atoms with Gasteiger partial charge in [0, 0.05) is 17.1 Å². The Bertz CT molecular complexity index is 454. The monoisotopic (exact) mass is 283 g/mol. The van der Waals surface area contributed by atoms with Crippen LogP contribution in [0.4, 0.5) is 0 Å². The van der Waals surface area contributed by atoms with Crippen molar-refractivity contribution in [2.75, 3.05) is 6.54 Å². The molecular weight excluding hydrogens is 266 g/mol. The molecule has 19 heavy (non-hydrogen) atoms. The van der Waals surface area contributed by atoms with Crippen LogP contribution in [0.15, 0.2) is 18.2 Å². The fourth-order valence-corrected chi connectivity index (χ4v) is 2.14. The third-order valence-electron chi connectivity index (χ3n) is 2.80. The van der Waals surface area contributed by atoms with Crippen LogP contribution in [0.3, 0.4) is 0 Å². The first-order valence-electron chi connectivity index (χ1n) is 6.22. The summed E-state index contributed by atoms with van der Waals surface area (Å²) in [7, 11) is 0. The number of nitrogens with one attached hydrogen (secondary N) is 1. The van der Waals surface area contributed by atoms with E-state index in [1.54, 1.807) is 18.2 Å². The first kappa shape index (κ1) is 15.5. The fourth-order valence-electron chi connectivity index (χ4n) is 1.85. The molecule has 1 atom stereocenters. The van der Waals surface area contributed by atoms with Crippen LogP contribution in [0.25, 0.3) is 0 Å². The van der Waals surface area contributed by atoms with E-state index in [0.29, 0.717) is 17.0 Å². The highest BCUT2D eigenvalue weighted by molar-refractivity contribution is 6.31. The van der Waals surface area contributed by atoms with Crippen molar-refractivity contribution in [3.8, 4) is 0 Å². The zero-order valence-electron chi connectivity index (χ0n) is 11.1. The molecule has 0 spiro atoms. The van der Waals surface area contributed by atoms with Crippen molar-refractivity contribution in [1.29, 1.82) is 0 Å². The van der Waals surface area contributed by atoms with Crippen molar-refractivity contribution in [2.45, 2.75) is 26.7 Å². The van der Waals surface area contributed by atoms with Crippen molar-refractivity contribution in [3.63, 3.8) is 0 Å². The lowest BCUT2D eigenvalue weighted by molar-refractivity contribution is -0.141. The number of rotatable bonds is 6. The van der Waals surface area contributed by atoms with E-state index in [4.69, 9.17) is 16.7 Å². The summed E-state index contributed by atoms with van der Waals surface area (Å²) in [6.45, 7) is 3.89. The highest BCUT2D eigenvalue weighted by Gasteiger charge is 2.17. The lowest BCUT2D eigenvalue weighted by Crippen LogP contribution is -2.32. The summed E-state index contributed by atoms with van der Waals surface area (Å²) < 4.78 is 0. The molecule has 1 aromatic carbocycles. The van der Waals surface area contributed by atoms with Gasteiger partial charge < -0.3 is 10.4 Å². The molecule has 2 N–H and O–H groups in total. The smallest absolute Gasteiger partial charge is 0.308 e. The van der Waals surface area contributed by atoms with Crippen LogP contribution in [0.1, 0.15) is 35.7 Å². The number of carboxylic acid groups (broad SMARTS) is 1. The minimum atomic E-state index is -0.885. The maximum absolute atomic E-state index is 11.9. The minimum absolute atomic E-state index is 0.133. The molecule has 1 unspecified atom stereocenters. The van der Waals surface area contributed by atoms with E-state index in [9.17, 15) is 9.59 Å². The Morgan fingerprint density at radius 1 is 1.37 bits per heavy atom. The van der Waals surface area contributed by atoms with Gasteiger partial charge in [0.05, 0.1) is 5.92 Å². The topological polar surface area (TPSA) is 66.4 Å². The third kappa shape index (κ3) is 4.91. The maximum atomic E-state index is 11.9. The molecule has 0 aliphatic rings. The number of amides is 1. The van der Waals surface area contributed by atoms with Gasteiger partial charge in [-0.3, -0.25) is 9.59 Å². The Balaban J connectivity index is 2.66. The molecule has 0 saturated heterocycles. The van der Waals surface area contributed by atoms with Crippen LogP contribution < -0.4 is 5.32 Å². The van der Waals surface area contributed by atoms with Crippen LogP contribution in [0.2, 0.25) is 5.02 Å². The summed E-state index contributed by atoms with van der Waals surface area (Å²) in [5.74, 6) is -1.73. The van der Waals surface area contributed by atoms with Gasteiger partial charge in [0.15, 0.2) is 0 Å². The number of halogens is 1. The molecule has 0 fully saturated rings. The lowest BCUT2D eigenvalue weighted by atomic mass is 10.0. The molecule has 0 radical (unpaired) electrons. The average Bonchev–Trinajstić information content (AvgIpc) is 2.32. The predicted octanol–water partition coefficient (Wildman–Crippen LogP) is 2.88. The maximum Gasteiger partial charge on any atom is 0.308 e. The van der Waals surface area contributed by atoms with E-state index < -0.39 is 11.9 Å². The molecule has 0 bridgehead atoms. The van der Waals surface area contributed by atoms with E-state index in [1.807, 2.05) is 13.8 Å². The van der Waals surface area contributed by atoms with Gasteiger partial charge in [-0.1, -0.05) is 24.9 Å². The second-order valence-electron chi connectivity index (χ2n) is 4.55. The van der Waals surface area contributed by atoms with Crippen molar-refractivity contribution < 1.29 is 14.7 Å². The van der Waals surface area contributed by atoms with Gasteiger partial charge in [0.2, 0.25) is 0 Å². The Morgan fingerprint density at radius 2 is 2.05 bits per heavy atom. The summed E-state index contributed by atoms with van der Waals surface area (Å²) in [6, 6.07) is 5.05. The summed E-state index contributed by atoms with van der Waals surface area (Å²) in [5, 5.41) is 12.1. The molecule has 0 heterocycles. The normalized spacial score (nSPS) is 11.9. The molecule has 0 aromatic heterocycles. The molecule has 0 aliphatic carbocycles. The molecule has 1 aromatic rings. The molecule has 0 saturated carbocycles. The number of benzene rings is 1. The van der Waals surface area contributed by atoms with Gasteiger partial charge in [0.1, 0.15) is 0 Å². The number of hydrogen-bond donors (Lipinski definition) is 2. The van der Waals surface area contributed by atoms with Gasteiger partial charge in [-0.15, -0.1) is 0 Å². The predicted molar refractivity (Wildman–Crippen MR) is 74.6 cm³/mol. The summed E-state index contributed by atoms with van der Waals surface area (Å²) in [4.78, 5) is 22.9. The van der Waals surface area contributed by atoms with E-state index >= 15 is 0 Å². The van der Waals surface area contributed by atoms with Crippen molar-refractivity contribution in [2.24, 2.45) is 5.92 Å². The quantitative estimate of drug-likeness (QED) is 0.843. The zero-order chi connectivity index (χ0) is 14.4. The highest BCUT2D eigenvalue weighted by atomic mass is 35.5. The van der Waals surface area contributed by atoms with Crippen LogP contribution in [0.5, 0.6) is 0 Å². The first-order chi connectivity index (χ1) is 8.93. The molecule has 104 valence electrons. The fraction of sp³-hybridized carbons (Fsp3) is 0.429. The van der Waals surface area contributed by atoms with Crippen LogP contribution in [-0.4, -0.2) is 23.5 Å². The van der Waals surface area contributed by atoms with Gasteiger partial charge in [-0.05, 0) is 37.1 Å². The Hall–Kier alpha value is -1.55. The molecular formula is C14H18ClNO3. The molecule has 4 nitrogen and oxygen atoms in total. The molecule has 1 amide bonds. The first-order valence-corrected chi connectivity index (χ1v) is 6.60. The average molecular weight is 284 g/mol. The third-order valence-corrected chi connectivity index (χ3v) is 3.02. The van der Waals surface area contributed by atoms with E-state index in [-0.39, 0.29) is 12.5 Å². The Morgan fingerprint density at radius 3 is 2.58 bits per heavy atom. The van der Waals surface area contributed by atoms with Gasteiger partial charge in [0.25, 0.3) is 5.91 Å². The van der Waals surface area contributed by atoms with Gasteiger partial charge >= 0.3 is 5.97 Å². The SMILES string of the molecule is CCCC(CNC(=O)c1cc(C)cc(Cl)c1)C(=O)O. The van der Waals surface area contributed by atoms with Crippen LogP contribution >= 0.6 is 11.6 Å². The Labute approximate surface area is 117 Å². The van der Waals surface area contributed by atoms with Crippen LogP contribution in [-0.2, 0) is 4.79 Å². The zero-order valence-corrected chi connectivity index (χ0v) is 11.8. The molecule has 5 heteroatoms. The molecule has 1 rings (SSSR count). The number of hydrogen-bond acceptors (Lipinski definition) is 2. The highest BCUT2D eigenvalue weighted by Crippen LogP contribution is 2.14. The number of carbonyl (C=O) groups is 2. The number of aryl methyl sites for hydroxylation is 1. The minimum Gasteiger partial charge on any atom is -0.481 e. The number of carbonyl (C=O) groups excluding carboxylic acids is 1. The number of carboxylic acids is 1.